The second-order valence-corrected chi connectivity index (χ2v) is 9.08. The van der Waals surface area contributed by atoms with Crippen LogP contribution in [0.2, 0.25) is 0 Å². The van der Waals surface area contributed by atoms with Crippen LogP contribution in [0.1, 0.15) is 23.4 Å². The van der Waals surface area contributed by atoms with Crippen LogP contribution in [0.5, 0.6) is 5.75 Å². The zero-order chi connectivity index (χ0) is 23.2. The molecule has 0 atom stereocenters. The van der Waals surface area contributed by atoms with Crippen molar-refractivity contribution in [3.8, 4) is 5.75 Å². The number of aromatic nitrogens is 3. The van der Waals surface area contributed by atoms with Gasteiger partial charge < -0.3 is 9.64 Å². The zero-order valence-corrected chi connectivity index (χ0v) is 19.7. The average Bonchev–Trinajstić information content (AvgIpc) is 3.28. The van der Waals surface area contributed by atoms with Crippen molar-refractivity contribution in [2.75, 3.05) is 17.2 Å². The van der Waals surface area contributed by atoms with Gasteiger partial charge in [-0.05, 0) is 42.2 Å². The normalized spacial score (nSPS) is 12.9. The molecule has 34 heavy (non-hydrogen) atoms. The van der Waals surface area contributed by atoms with Crippen LogP contribution in [0, 0.1) is 0 Å². The van der Waals surface area contributed by atoms with Crippen molar-refractivity contribution in [3.05, 3.63) is 102 Å². The lowest BCUT2D eigenvalue weighted by atomic mass is 10.0. The number of rotatable bonds is 8. The minimum absolute atomic E-state index is 0.0912. The molecule has 0 bridgehead atoms. The van der Waals surface area contributed by atoms with Crippen molar-refractivity contribution in [1.82, 2.24) is 14.8 Å². The molecule has 1 amide bonds. The highest BCUT2D eigenvalue weighted by molar-refractivity contribution is 7.99. The van der Waals surface area contributed by atoms with E-state index in [1.165, 1.54) is 17.3 Å². The van der Waals surface area contributed by atoms with Crippen LogP contribution in [0.25, 0.3) is 0 Å². The Hall–Kier alpha value is -3.58. The lowest BCUT2D eigenvalue weighted by Gasteiger charge is -2.29. The first-order valence-electron chi connectivity index (χ1n) is 11.4. The van der Waals surface area contributed by atoms with Crippen LogP contribution in [0.15, 0.2) is 90.1 Å². The Balaban J connectivity index is 1.32. The Morgan fingerprint density at radius 3 is 2.47 bits per heavy atom. The summed E-state index contributed by atoms with van der Waals surface area (Å²) < 4.78 is 7.98. The summed E-state index contributed by atoms with van der Waals surface area (Å²) in [5.41, 5.74) is 3.41. The molecule has 0 saturated heterocycles. The minimum Gasteiger partial charge on any atom is -0.486 e. The Kier molecular flexibility index (Phi) is 6.91. The van der Waals surface area contributed by atoms with Gasteiger partial charge in [-0.1, -0.05) is 78.5 Å². The van der Waals surface area contributed by atoms with Crippen molar-refractivity contribution < 1.29 is 9.53 Å². The van der Waals surface area contributed by atoms with Gasteiger partial charge in [-0.25, -0.2) is 0 Å². The highest BCUT2D eigenvalue weighted by Crippen LogP contribution is 2.28. The third kappa shape index (κ3) is 5.15. The number of para-hydroxylation sites is 2. The summed E-state index contributed by atoms with van der Waals surface area (Å²) in [6.45, 7) is 1.67. The van der Waals surface area contributed by atoms with Gasteiger partial charge in [0.25, 0.3) is 0 Å². The lowest BCUT2D eigenvalue weighted by Crippen LogP contribution is -2.36. The lowest BCUT2D eigenvalue weighted by molar-refractivity contribution is -0.116. The van der Waals surface area contributed by atoms with Gasteiger partial charge in [0.1, 0.15) is 12.4 Å². The molecule has 0 unspecified atom stereocenters. The summed E-state index contributed by atoms with van der Waals surface area (Å²) in [5.74, 6) is 1.91. The van der Waals surface area contributed by atoms with Gasteiger partial charge in [-0.15, -0.1) is 10.2 Å². The van der Waals surface area contributed by atoms with E-state index in [9.17, 15) is 4.79 Å². The molecule has 0 spiro atoms. The number of anilines is 1. The number of amides is 1. The smallest absolute Gasteiger partial charge is 0.237 e. The number of carbonyl (C=O) groups is 1. The molecular weight excluding hydrogens is 444 g/mol. The van der Waals surface area contributed by atoms with E-state index in [2.05, 4.69) is 28.4 Å². The number of hydrogen-bond donors (Lipinski definition) is 0. The van der Waals surface area contributed by atoms with Crippen molar-refractivity contribution in [2.45, 2.75) is 31.1 Å². The van der Waals surface area contributed by atoms with E-state index in [1.54, 1.807) is 0 Å². The molecule has 6 nitrogen and oxygen atoms in total. The number of hydrogen-bond acceptors (Lipinski definition) is 5. The number of ether oxygens (including phenoxy) is 1. The van der Waals surface area contributed by atoms with E-state index >= 15 is 0 Å². The standard InChI is InChI=1S/C27H26N4O2S/c32-26(30-17-9-13-22-12-7-8-16-24(22)30)20-34-27-29-28-25(19-33-23-14-5-2-6-15-23)31(27)18-21-10-3-1-4-11-21/h1-8,10-12,14-16H,9,13,17-20H2. The first kappa shape index (κ1) is 22.2. The minimum atomic E-state index is 0.0912. The third-order valence-corrected chi connectivity index (χ3v) is 6.78. The van der Waals surface area contributed by atoms with Gasteiger partial charge in [0.05, 0.1) is 12.3 Å². The monoisotopic (exact) mass is 470 g/mol. The van der Waals surface area contributed by atoms with Crippen molar-refractivity contribution in [1.29, 1.82) is 0 Å². The molecule has 4 aromatic rings. The van der Waals surface area contributed by atoms with E-state index in [1.807, 2.05) is 76.2 Å². The van der Waals surface area contributed by atoms with E-state index < -0.39 is 0 Å². The maximum absolute atomic E-state index is 13.1. The fraction of sp³-hybridized carbons (Fsp3) is 0.222. The van der Waals surface area contributed by atoms with E-state index in [0.29, 0.717) is 24.1 Å². The summed E-state index contributed by atoms with van der Waals surface area (Å²) in [6.07, 6.45) is 2.00. The number of benzene rings is 3. The predicted molar refractivity (Wildman–Crippen MR) is 134 cm³/mol. The van der Waals surface area contributed by atoms with Crippen LogP contribution < -0.4 is 9.64 Å². The molecular formula is C27H26N4O2S. The number of nitrogens with zero attached hydrogens (tertiary/aromatic N) is 4. The number of carbonyl (C=O) groups excluding carboxylic acids is 1. The highest BCUT2D eigenvalue weighted by atomic mass is 32.2. The quantitative estimate of drug-likeness (QED) is 0.340. The molecule has 5 rings (SSSR count). The van der Waals surface area contributed by atoms with E-state index in [4.69, 9.17) is 4.74 Å². The van der Waals surface area contributed by atoms with Crippen LogP contribution in [-0.4, -0.2) is 33.0 Å². The van der Waals surface area contributed by atoms with Crippen LogP contribution in [0.3, 0.4) is 0 Å². The highest BCUT2D eigenvalue weighted by Gasteiger charge is 2.23. The molecule has 1 aliphatic heterocycles. The molecule has 0 fully saturated rings. The van der Waals surface area contributed by atoms with Crippen molar-refractivity contribution in [2.24, 2.45) is 0 Å². The summed E-state index contributed by atoms with van der Waals surface area (Å²) in [6, 6.07) is 28.0. The van der Waals surface area contributed by atoms with Gasteiger partial charge in [-0.3, -0.25) is 9.36 Å². The summed E-state index contributed by atoms with van der Waals surface area (Å²) in [4.78, 5) is 15.1. The SMILES string of the molecule is O=C(CSc1nnc(COc2ccccc2)n1Cc1ccccc1)N1CCCc2ccccc21. The molecule has 2 heterocycles. The second-order valence-electron chi connectivity index (χ2n) is 8.14. The maximum Gasteiger partial charge on any atom is 0.237 e. The molecule has 0 aliphatic carbocycles. The predicted octanol–water partition coefficient (Wildman–Crippen LogP) is 4.98. The van der Waals surface area contributed by atoms with Crippen LogP contribution in [0.4, 0.5) is 5.69 Å². The number of aryl methyl sites for hydroxylation is 1. The van der Waals surface area contributed by atoms with Gasteiger partial charge in [0.15, 0.2) is 11.0 Å². The van der Waals surface area contributed by atoms with Crippen molar-refractivity contribution in [3.63, 3.8) is 0 Å². The molecule has 1 aliphatic rings. The largest absolute Gasteiger partial charge is 0.486 e. The zero-order valence-electron chi connectivity index (χ0n) is 18.8. The topological polar surface area (TPSA) is 60.2 Å². The Labute approximate surface area is 203 Å². The second kappa shape index (κ2) is 10.6. The Morgan fingerprint density at radius 2 is 1.65 bits per heavy atom. The molecule has 0 radical (unpaired) electrons. The van der Waals surface area contributed by atoms with Gasteiger partial charge >= 0.3 is 0 Å². The Bertz CT molecular complexity index is 1240. The molecule has 0 N–H and O–H groups in total. The van der Waals surface area contributed by atoms with Gasteiger partial charge in [0, 0.05) is 12.2 Å². The third-order valence-electron chi connectivity index (χ3n) is 5.82. The number of fused-ring (bicyclic) bond motifs is 1. The van der Waals surface area contributed by atoms with Crippen LogP contribution in [-0.2, 0) is 24.4 Å². The van der Waals surface area contributed by atoms with Crippen molar-refractivity contribution >= 4 is 23.4 Å². The number of thioether (sulfide) groups is 1. The Morgan fingerprint density at radius 1 is 0.912 bits per heavy atom. The van der Waals surface area contributed by atoms with Gasteiger partial charge in [-0.2, -0.15) is 0 Å². The first-order chi connectivity index (χ1) is 16.8. The summed E-state index contributed by atoms with van der Waals surface area (Å²) >= 11 is 1.43. The van der Waals surface area contributed by atoms with E-state index in [-0.39, 0.29) is 5.91 Å². The van der Waals surface area contributed by atoms with Crippen LogP contribution >= 0.6 is 11.8 Å². The maximum atomic E-state index is 13.1. The van der Waals surface area contributed by atoms with E-state index in [0.717, 1.165) is 42.2 Å². The molecule has 0 saturated carbocycles. The summed E-state index contributed by atoms with van der Waals surface area (Å²) in [5, 5.41) is 9.52. The molecule has 172 valence electrons. The summed E-state index contributed by atoms with van der Waals surface area (Å²) in [7, 11) is 0. The molecule has 1 aromatic heterocycles. The first-order valence-corrected chi connectivity index (χ1v) is 12.4. The fourth-order valence-corrected chi connectivity index (χ4v) is 4.95. The fourth-order valence-electron chi connectivity index (χ4n) is 4.12. The average molecular weight is 471 g/mol. The molecule has 3 aromatic carbocycles. The van der Waals surface area contributed by atoms with Gasteiger partial charge in [0.2, 0.25) is 5.91 Å². The molecule has 7 heteroatoms.